The normalized spacial score (nSPS) is 21.2. The lowest BCUT2D eigenvalue weighted by atomic mass is 9.86. The van der Waals surface area contributed by atoms with Gasteiger partial charge in [0.15, 0.2) is 0 Å². The monoisotopic (exact) mass is 294 g/mol. The van der Waals surface area contributed by atoms with Gasteiger partial charge in [0.05, 0.1) is 19.2 Å². The van der Waals surface area contributed by atoms with Crippen molar-refractivity contribution >= 4 is 5.91 Å². The Hall–Kier alpha value is -1.46. The van der Waals surface area contributed by atoms with Crippen LogP contribution in [-0.2, 0) is 9.53 Å². The molecule has 2 unspecified atom stereocenters. The third kappa shape index (κ3) is 3.80. The number of rotatable bonds is 2. The van der Waals surface area contributed by atoms with E-state index in [1.54, 1.807) is 17.0 Å². The maximum atomic E-state index is 13.0. The van der Waals surface area contributed by atoms with Crippen molar-refractivity contribution in [2.24, 2.45) is 11.1 Å². The number of halogens is 1. The molecular weight excluding hydrogens is 271 g/mol. The molecule has 0 saturated carbocycles. The van der Waals surface area contributed by atoms with Crippen molar-refractivity contribution < 1.29 is 13.9 Å². The van der Waals surface area contributed by atoms with Gasteiger partial charge in [0.25, 0.3) is 0 Å². The molecule has 1 fully saturated rings. The first-order valence-electron chi connectivity index (χ1n) is 7.20. The highest BCUT2D eigenvalue weighted by Gasteiger charge is 2.34. The van der Waals surface area contributed by atoms with E-state index in [1.165, 1.54) is 12.1 Å². The quantitative estimate of drug-likeness (QED) is 0.909. The van der Waals surface area contributed by atoms with E-state index in [2.05, 4.69) is 0 Å². The summed E-state index contributed by atoms with van der Waals surface area (Å²) in [5, 5.41) is 0. The fourth-order valence-electron chi connectivity index (χ4n) is 2.30. The summed E-state index contributed by atoms with van der Waals surface area (Å²) in [6.07, 6.45) is -0.226. The van der Waals surface area contributed by atoms with Crippen LogP contribution in [-0.4, -0.2) is 36.5 Å². The number of amides is 1. The van der Waals surface area contributed by atoms with Gasteiger partial charge in [0.2, 0.25) is 5.91 Å². The van der Waals surface area contributed by atoms with Gasteiger partial charge in [-0.15, -0.1) is 0 Å². The Kier molecular flexibility index (Phi) is 4.64. The lowest BCUT2D eigenvalue weighted by Gasteiger charge is -2.37. The summed E-state index contributed by atoms with van der Waals surface area (Å²) >= 11 is 0. The molecule has 0 bridgehead atoms. The number of morpholine rings is 1. The Morgan fingerprint density at radius 2 is 2.00 bits per heavy atom. The average molecular weight is 294 g/mol. The molecule has 2 rings (SSSR count). The van der Waals surface area contributed by atoms with Crippen LogP contribution in [0.15, 0.2) is 24.3 Å². The molecule has 2 atom stereocenters. The molecule has 21 heavy (non-hydrogen) atoms. The van der Waals surface area contributed by atoms with Gasteiger partial charge >= 0.3 is 0 Å². The minimum absolute atomic E-state index is 0.0575. The van der Waals surface area contributed by atoms with E-state index in [4.69, 9.17) is 10.5 Å². The first kappa shape index (κ1) is 15.9. The fourth-order valence-corrected chi connectivity index (χ4v) is 2.30. The van der Waals surface area contributed by atoms with Crippen LogP contribution in [0.2, 0.25) is 0 Å². The molecule has 0 spiro atoms. The molecule has 1 aromatic rings. The van der Waals surface area contributed by atoms with Crippen LogP contribution in [0.1, 0.15) is 32.4 Å². The zero-order valence-electron chi connectivity index (χ0n) is 12.8. The highest BCUT2D eigenvalue weighted by Crippen LogP contribution is 2.25. The lowest BCUT2D eigenvalue weighted by Crippen LogP contribution is -2.53. The second-order valence-corrected chi connectivity index (χ2v) is 6.54. The second-order valence-electron chi connectivity index (χ2n) is 6.54. The molecule has 1 saturated heterocycles. The van der Waals surface area contributed by atoms with E-state index in [1.807, 2.05) is 20.8 Å². The zero-order chi connectivity index (χ0) is 15.6. The molecule has 116 valence electrons. The van der Waals surface area contributed by atoms with Crippen LogP contribution >= 0.6 is 0 Å². The maximum Gasteiger partial charge on any atom is 0.240 e. The maximum absolute atomic E-state index is 13.0. The standard InChI is InChI=1S/C16H23FN2O2/c1-16(2,3)14(18)15(20)19-8-9-21-13(10-19)11-4-6-12(17)7-5-11/h4-7,13-14H,8-10,18H2,1-3H3. The number of nitrogens with zero attached hydrogens (tertiary/aromatic N) is 1. The molecule has 0 aliphatic carbocycles. The van der Waals surface area contributed by atoms with Crippen molar-refractivity contribution in [1.82, 2.24) is 4.90 Å². The molecule has 1 heterocycles. The molecule has 4 nitrogen and oxygen atoms in total. The first-order chi connectivity index (χ1) is 9.79. The van der Waals surface area contributed by atoms with Crippen molar-refractivity contribution in [2.75, 3.05) is 19.7 Å². The van der Waals surface area contributed by atoms with E-state index in [9.17, 15) is 9.18 Å². The molecule has 1 amide bonds. The predicted molar refractivity (Wildman–Crippen MR) is 79.1 cm³/mol. The van der Waals surface area contributed by atoms with Gasteiger partial charge < -0.3 is 15.4 Å². The number of hydrogen-bond acceptors (Lipinski definition) is 3. The first-order valence-corrected chi connectivity index (χ1v) is 7.20. The number of benzene rings is 1. The van der Waals surface area contributed by atoms with Gasteiger partial charge in [0.1, 0.15) is 11.9 Å². The number of carbonyl (C=O) groups excluding carboxylic acids is 1. The summed E-state index contributed by atoms with van der Waals surface area (Å²) in [6, 6.07) is 5.65. The molecular formula is C16H23FN2O2. The molecule has 1 aromatic carbocycles. The fraction of sp³-hybridized carbons (Fsp3) is 0.562. The Bertz CT molecular complexity index is 496. The van der Waals surface area contributed by atoms with Gasteiger partial charge in [-0.1, -0.05) is 32.9 Å². The van der Waals surface area contributed by atoms with Gasteiger partial charge in [-0.05, 0) is 23.1 Å². The van der Waals surface area contributed by atoms with E-state index in [-0.39, 0.29) is 23.2 Å². The Labute approximate surface area is 125 Å². The summed E-state index contributed by atoms with van der Waals surface area (Å²) in [5.41, 5.74) is 6.64. The second kappa shape index (κ2) is 6.12. The minimum Gasteiger partial charge on any atom is -0.370 e. The minimum atomic E-state index is -0.538. The molecule has 2 N–H and O–H groups in total. The van der Waals surface area contributed by atoms with E-state index < -0.39 is 6.04 Å². The van der Waals surface area contributed by atoms with Crippen LogP contribution in [0.4, 0.5) is 4.39 Å². The Morgan fingerprint density at radius 1 is 1.38 bits per heavy atom. The van der Waals surface area contributed by atoms with E-state index in [0.29, 0.717) is 19.7 Å². The van der Waals surface area contributed by atoms with E-state index in [0.717, 1.165) is 5.56 Å². The molecule has 1 aliphatic rings. The van der Waals surface area contributed by atoms with Crippen LogP contribution in [0, 0.1) is 11.2 Å². The number of nitrogens with two attached hydrogens (primary N) is 1. The lowest BCUT2D eigenvalue weighted by molar-refractivity contribution is -0.142. The van der Waals surface area contributed by atoms with Crippen molar-refractivity contribution in [3.05, 3.63) is 35.6 Å². The number of hydrogen-bond donors (Lipinski definition) is 1. The largest absolute Gasteiger partial charge is 0.370 e. The van der Waals surface area contributed by atoms with Gasteiger partial charge in [-0.3, -0.25) is 4.79 Å². The zero-order valence-corrected chi connectivity index (χ0v) is 12.8. The van der Waals surface area contributed by atoms with Crippen LogP contribution < -0.4 is 5.73 Å². The summed E-state index contributed by atoms with van der Waals surface area (Å²) in [4.78, 5) is 14.2. The van der Waals surface area contributed by atoms with Gasteiger partial charge in [-0.2, -0.15) is 0 Å². The highest BCUT2D eigenvalue weighted by atomic mass is 19.1. The molecule has 0 aromatic heterocycles. The predicted octanol–water partition coefficient (Wildman–Crippen LogP) is 2.10. The summed E-state index contributed by atoms with van der Waals surface area (Å²) < 4.78 is 18.7. The molecule has 5 heteroatoms. The summed E-state index contributed by atoms with van der Waals surface area (Å²) in [5.74, 6) is -0.338. The van der Waals surface area contributed by atoms with Crippen molar-refractivity contribution in [3.8, 4) is 0 Å². The third-order valence-corrected chi connectivity index (χ3v) is 3.82. The molecule has 0 radical (unpaired) electrons. The Morgan fingerprint density at radius 3 is 2.57 bits per heavy atom. The van der Waals surface area contributed by atoms with E-state index >= 15 is 0 Å². The van der Waals surface area contributed by atoms with Crippen LogP contribution in [0.25, 0.3) is 0 Å². The Balaban J connectivity index is 2.07. The number of ether oxygens (including phenoxy) is 1. The van der Waals surface area contributed by atoms with Crippen molar-refractivity contribution in [1.29, 1.82) is 0 Å². The van der Waals surface area contributed by atoms with Gasteiger partial charge in [-0.25, -0.2) is 4.39 Å². The highest BCUT2D eigenvalue weighted by molar-refractivity contribution is 5.82. The SMILES string of the molecule is CC(C)(C)C(N)C(=O)N1CCOC(c2ccc(F)cc2)C1. The average Bonchev–Trinajstić information content (AvgIpc) is 2.45. The summed E-state index contributed by atoms with van der Waals surface area (Å²) in [6.45, 7) is 7.31. The van der Waals surface area contributed by atoms with Gasteiger partial charge in [0, 0.05) is 6.54 Å². The third-order valence-electron chi connectivity index (χ3n) is 3.82. The molecule has 1 aliphatic heterocycles. The van der Waals surface area contributed by atoms with Crippen LogP contribution in [0.5, 0.6) is 0 Å². The van der Waals surface area contributed by atoms with Crippen LogP contribution in [0.3, 0.4) is 0 Å². The smallest absolute Gasteiger partial charge is 0.240 e. The van der Waals surface area contributed by atoms with Crippen molar-refractivity contribution in [3.63, 3.8) is 0 Å². The topological polar surface area (TPSA) is 55.6 Å². The number of carbonyl (C=O) groups is 1. The van der Waals surface area contributed by atoms with Crippen molar-refractivity contribution in [2.45, 2.75) is 32.9 Å². The summed E-state index contributed by atoms with van der Waals surface area (Å²) in [7, 11) is 0.